The van der Waals surface area contributed by atoms with Gasteiger partial charge in [0, 0.05) is 36.0 Å². The lowest BCUT2D eigenvalue weighted by molar-refractivity contribution is -0.223. The van der Waals surface area contributed by atoms with E-state index in [-0.39, 0.29) is 41.5 Å². The quantitative estimate of drug-likeness (QED) is 0.701. The molecule has 0 spiro atoms. The van der Waals surface area contributed by atoms with Crippen molar-refractivity contribution in [2.45, 2.75) is 85.9 Å². The van der Waals surface area contributed by atoms with Crippen molar-refractivity contribution in [3.8, 4) is 0 Å². The van der Waals surface area contributed by atoms with Crippen LogP contribution in [0.15, 0.2) is 0 Å². The molecule has 0 bridgehead atoms. The van der Waals surface area contributed by atoms with Crippen LogP contribution in [0.25, 0.3) is 0 Å². The molecule has 162 valence electrons. The number of Topliss-reactive ketones (excluding diaryl/α,β-unsaturated/α-hetero) is 3. The summed E-state index contributed by atoms with van der Waals surface area (Å²) in [5, 5.41) is 22.1. The molecule has 5 heteroatoms. The molecule has 4 aliphatic rings. The van der Waals surface area contributed by atoms with Crippen molar-refractivity contribution in [2.24, 2.45) is 45.3 Å². The van der Waals surface area contributed by atoms with Crippen LogP contribution in [0.5, 0.6) is 0 Å². The first-order valence-corrected chi connectivity index (χ1v) is 11.2. The van der Waals surface area contributed by atoms with Gasteiger partial charge in [-0.25, -0.2) is 0 Å². The van der Waals surface area contributed by atoms with Gasteiger partial charge in [-0.2, -0.15) is 0 Å². The molecule has 2 N–H and O–H groups in total. The van der Waals surface area contributed by atoms with Crippen LogP contribution in [0, 0.1) is 45.3 Å². The van der Waals surface area contributed by atoms with Crippen molar-refractivity contribution in [1.29, 1.82) is 0 Å². The van der Waals surface area contributed by atoms with Crippen molar-refractivity contribution in [3.05, 3.63) is 0 Å². The Morgan fingerprint density at radius 3 is 2.28 bits per heavy atom. The second-order valence-electron chi connectivity index (χ2n) is 11.8. The molecule has 4 fully saturated rings. The molecule has 0 radical (unpaired) electrons. The smallest absolute Gasteiger partial charge is 0.140 e. The third-order valence-corrected chi connectivity index (χ3v) is 10.4. The Labute approximate surface area is 173 Å². The van der Waals surface area contributed by atoms with Gasteiger partial charge in [-0.05, 0) is 48.3 Å². The van der Waals surface area contributed by atoms with E-state index in [1.807, 2.05) is 27.7 Å². The predicted octanol–water partition coefficient (Wildman–Crippen LogP) is 2.95. The van der Waals surface area contributed by atoms with Gasteiger partial charge in [0.1, 0.15) is 17.3 Å². The summed E-state index contributed by atoms with van der Waals surface area (Å²) in [7, 11) is 0. The van der Waals surface area contributed by atoms with Crippen LogP contribution in [-0.4, -0.2) is 39.8 Å². The highest BCUT2D eigenvalue weighted by Crippen LogP contribution is 2.72. The standard InChI is InChI=1S/C24H36O5/c1-12(25)13-9-18(29)24(6)20-14(26)10-16-21(2,3)17(28)7-8-22(16,4)19(20)15(27)11-23(13,24)5/h13-14,16-17,19-20,26,28H,7-11H2,1-6H3/t13-,14?,16+,17?,19+,20-,22+,23-,24+/m1/s1. The van der Waals surface area contributed by atoms with Gasteiger partial charge in [0.2, 0.25) is 0 Å². The summed E-state index contributed by atoms with van der Waals surface area (Å²) in [6.07, 6.45) is 0.988. The second kappa shape index (κ2) is 6.00. The van der Waals surface area contributed by atoms with Crippen LogP contribution < -0.4 is 0 Å². The minimum Gasteiger partial charge on any atom is -0.393 e. The molecule has 29 heavy (non-hydrogen) atoms. The number of carbonyl (C=O) groups is 3. The summed E-state index contributed by atoms with van der Waals surface area (Å²) in [5.74, 6) is -1.23. The van der Waals surface area contributed by atoms with Crippen LogP contribution in [0.3, 0.4) is 0 Å². The number of hydrogen-bond acceptors (Lipinski definition) is 5. The highest BCUT2D eigenvalue weighted by molar-refractivity contribution is 5.99. The fourth-order valence-corrected chi connectivity index (χ4v) is 8.57. The summed E-state index contributed by atoms with van der Waals surface area (Å²) < 4.78 is 0. The maximum absolute atomic E-state index is 13.7. The molecular weight excluding hydrogens is 368 g/mol. The Kier molecular flexibility index (Phi) is 4.38. The second-order valence-corrected chi connectivity index (χ2v) is 11.8. The minimum atomic E-state index is -0.879. The summed E-state index contributed by atoms with van der Waals surface area (Å²) in [6.45, 7) is 11.6. The van der Waals surface area contributed by atoms with E-state index in [9.17, 15) is 24.6 Å². The predicted molar refractivity (Wildman–Crippen MR) is 108 cm³/mol. The fourth-order valence-electron chi connectivity index (χ4n) is 8.57. The Morgan fingerprint density at radius 1 is 1.07 bits per heavy atom. The van der Waals surface area contributed by atoms with Crippen LogP contribution in [0.1, 0.15) is 73.6 Å². The van der Waals surface area contributed by atoms with Crippen LogP contribution in [0.2, 0.25) is 0 Å². The van der Waals surface area contributed by atoms with Gasteiger partial charge in [0.15, 0.2) is 0 Å². The van der Waals surface area contributed by atoms with Crippen molar-refractivity contribution in [3.63, 3.8) is 0 Å². The molecule has 0 heterocycles. The zero-order valence-corrected chi connectivity index (χ0v) is 18.6. The molecule has 0 aromatic carbocycles. The van der Waals surface area contributed by atoms with Crippen molar-refractivity contribution < 1.29 is 24.6 Å². The summed E-state index contributed by atoms with van der Waals surface area (Å²) in [5.41, 5.74) is -2.37. The van der Waals surface area contributed by atoms with Gasteiger partial charge in [0.05, 0.1) is 12.2 Å². The number of ketones is 3. The van der Waals surface area contributed by atoms with E-state index in [1.165, 1.54) is 6.92 Å². The Hall–Kier alpha value is -1.07. The van der Waals surface area contributed by atoms with Crippen molar-refractivity contribution >= 4 is 17.3 Å². The molecule has 0 amide bonds. The Bertz CT molecular complexity index is 786. The highest BCUT2D eigenvalue weighted by Gasteiger charge is 2.74. The summed E-state index contributed by atoms with van der Waals surface area (Å²) in [6, 6.07) is 0. The number of aliphatic hydroxyl groups is 2. The number of rotatable bonds is 1. The molecule has 4 aliphatic carbocycles. The number of hydrogen-bond donors (Lipinski definition) is 2. The van der Waals surface area contributed by atoms with E-state index in [4.69, 9.17) is 0 Å². The molecule has 5 nitrogen and oxygen atoms in total. The highest BCUT2D eigenvalue weighted by atomic mass is 16.3. The lowest BCUT2D eigenvalue weighted by Gasteiger charge is -2.66. The van der Waals surface area contributed by atoms with Crippen molar-refractivity contribution in [2.75, 3.05) is 0 Å². The molecule has 2 unspecified atom stereocenters. The van der Waals surface area contributed by atoms with Crippen LogP contribution >= 0.6 is 0 Å². The first kappa shape index (κ1) is 21.2. The Morgan fingerprint density at radius 2 is 1.69 bits per heavy atom. The molecule has 0 aromatic rings. The van der Waals surface area contributed by atoms with Gasteiger partial charge in [-0.1, -0.05) is 34.6 Å². The van der Waals surface area contributed by atoms with Gasteiger partial charge in [-0.15, -0.1) is 0 Å². The van der Waals surface area contributed by atoms with Crippen LogP contribution in [-0.2, 0) is 14.4 Å². The molecule has 4 rings (SSSR count). The lowest BCUT2D eigenvalue weighted by atomic mass is 9.37. The van der Waals surface area contributed by atoms with Gasteiger partial charge in [0.25, 0.3) is 0 Å². The number of carbonyl (C=O) groups excluding carboxylic acids is 3. The minimum absolute atomic E-state index is 0.00650. The number of aliphatic hydroxyl groups excluding tert-OH is 2. The molecular formula is C24H36O5. The van der Waals surface area contributed by atoms with E-state index >= 15 is 0 Å². The molecule has 9 atom stereocenters. The average Bonchev–Trinajstić information content (AvgIpc) is 2.81. The zero-order valence-electron chi connectivity index (χ0n) is 18.6. The third-order valence-electron chi connectivity index (χ3n) is 10.4. The Balaban J connectivity index is 1.87. The van der Waals surface area contributed by atoms with E-state index in [1.54, 1.807) is 0 Å². The van der Waals surface area contributed by atoms with Gasteiger partial charge < -0.3 is 10.2 Å². The first-order valence-electron chi connectivity index (χ1n) is 11.2. The fraction of sp³-hybridized carbons (Fsp3) is 0.875. The SMILES string of the molecule is CC(=O)[C@H]1CC(=O)[C@@]2(C)[C@@H]3C(O)C[C@H]4C(C)(C)C(O)CC[C@]4(C)[C@H]3C(=O)C[C@]12C. The van der Waals surface area contributed by atoms with Gasteiger partial charge in [-0.3, -0.25) is 14.4 Å². The van der Waals surface area contributed by atoms with E-state index in [0.717, 1.165) is 6.42 Å². The van der Waals surface area contributed by atoms with Crippen molar-refractivity contribution in [1.82, 2.24) is 0 Å². The maximum atomic E-state index is 13.7. The maximum Gasteiger partial charge on any atom is 0.140 e. The molecule has 0 saturated heterocycles. The zero-order chi connectivity index (χ0) is 21.7. The third kappa shape index (κ3) is 2.32. The van der Waals surface area contributed by atoms with E-state index < -0.39 is 46.2 Å². The molecule has 0 aromatic heterocycles. The van der Waals surface area contributed by atoms with Gasteiger partial charge >= 0.3 is 0 Å². The first-order chi connectivity index (χ1) is 13.2. The largest absolute Gasteiger partial charge is 0.393 e. The molecule has 0 aliphatic heterocycles. The number of fused-ring (bicyclic) bond motifs is 5. The van der Waals surface area contributed by atoms with Crippen LogP contribution in [0.4, 0.5) is 0 Å². The summed E-state index contributed by atoms with van der Waals surface area (Å²) in [4.78, 5) is 39.5. The summed E-state index contributed by atoms with van der Waals surface area (Å²) >= 11 is 0. The van der Waals surface area contributed by atoms with E-state index in [0.29, 0.717) is 12.8 Å². The monoisotopic (exact) mass is 404 g/mol. The van der Waals surface area contributed by atoms with E-state index in [2.05, 4.69) is 6.92 Å². The topological polar surface area (TPSA) is 91.7 Å². The normalized spacial score (nSPS) is 53.8. The molecule has 4 saturated carbocycles. The average molecular weight is 405 g/mol. The lowest BCUT2D eigenvalue weighted by Crippen LogP contribution is -2.68.